The zero-order valence-electron chi connectivity index (χ0n) is 13.0. The highest BCUT2D eigenvalue weighted by Gasteiger charge is 2.17. The fraction of sp³-hybridized carbons (Fsp3) is 0.562. The normalized spacial score (nSPS) is 13.6. The van der Waals surface area contributed by atoms with Crippen molar-refractivity contribution in [3.8, 4) is 5.75 Å². The molecule has 5 heteroatoms. The Labute approximate surface area is 125 Å². The number of amides is 1. The number of hydrogen-bond donors (Lipinski definition) is 2. The Balaban J connectivity index is 2.61. The van der Waals surface area contributed by atoms with Crippen LogP contribution in [0, 0.1) is 5.82 Å². The first-order valence-electron chi connectivity index (χ1n) is 7.45. The van der Waals surface area contributed by atoms with Crippen LogP contribution in [0.1, 0.15) is 51.6 Å². The Morgan fingerprint density at radius 3 is 2.71 bits per heavy atom. The average Bonchev–Trinajstić information content (AvgIpc) is 2.44. The highest BCUT2D eigenvalue weighted by Crippen LogP contribution is 2.25. The summed E-state index contributed by atoms with van der Waals surface area (Å²) in [5.74, 6) is -0.0972. The molecule has 0 heterocycles. The third-order valence-electron chi connectivity index (χ3n) is 3.21. The Bertz CT molecular complexity index is 464. The van der Waals surface area contributed by atoms with Crippen molar-refractivity contribution in [3.63, 3.8) is 0 Å². The van der Waals surface area contributed by atoms with Crippen molar-refractivity contribution in [2.24, 2.45) is 5.73 Å². The van der Waals surface area contributed by atoms with Gasteiger partial charge in [0.05, 0.1) is 0 Å². The van der Waals surface area contributed by atoms with Gasteiger partial charge in [0.2, 0.25) is 0 Å². The van der Waals surface area contributed by atoms with E-state index in [2.05, 4.69) is 12.2 Å². The molecule has 1 rings (SSSR count). The molecule has 0 saturated carbocycles. The number of benzene rings is 1. The van der Waals surface area contributed by atoms with Gasteiger partial charge in [-0.25, -0.2) is 4.39 Å². The molecular weight excluding hydrogens is 271 g/mol. The van der Waals surface area contributed by atoms with Gasteiger partial charge in [-0.05, 0) is 38.5 Å². The summed E-state index contributed by atoms with van der Waals surface area (Å²) in [6, 6.07) is 3.78. The largest absolute Gasteiger partial charge is 0.481 e. The van der Waals surface area contributed by atoms with Crippen LogP contribution in [-0.2, 0) is 4.79 Å². The summed E-state index contributed by atoms with van der Waals surface area (Å²) < 4.78 is 18.9. The summed E-state index contributed by atoms with van der Waals surface area (Å²) in [5.41, 5.74) is 6.36. The molecule has 0 aliphatic rings. The molecule has 0 aromatic heterocycles. The molecule has 1 unspecified atom stereocenters. The highest BCUT2D eigenvalue weighted by atomic mass is 19.1. The maximum absolute atomic E-state index is 13.3. The van der Waals surface area contributed by atoms with Crippen LogP contribution in [0.4, 0.5) is 4.39 Å². The van der Waals surface area contributed by atoms with Crippen LogP contribution in [0.3, 0.4) is 0 Å². The first-order valence-corrected chi connectivity index (χ1v) is 7.45. The van der Waals surface area contributed by atoms with Gasteiger partial charge in [0.25, 0.3) is 5.91 Å². The molecule has 0 saturated heterocycles. The van der Waals surface area contributed by atoms with Gasteiger partial charge in [-0.3, -0.25) is 4.79 Å². The second-order valence-corrected chi connectivity index (χ2v) is 5.23. The summed E-state index contributed by atoms with van der Waals surface area (Å²) in [6.07, 6.45) is 2.50. The second kappa shape index (κ2) is 8.62. The quantitative estimate of drug-likeness (QED) is 0.725. The lowest BCUT2D eigenvalue weighted by Gasteiger charge is -2.18. The van der Waals surface area contributed by atoms with Gasteiger partial charge in [-0.2, -0.15) is 0 Å². The van der Waals surface area contributed by atoms with Crippen molar-refractivity contribution in [1.29, 1.82) is 0 Å². The fourth-order valence-electron chi connectivity index (χ4n) is 1.96. The Hall–Kier alpha value is -1.62. The predicted molar refractivity (Wildman–Crippen MR) is 81.6 cm³/mol. The minimum atomic E-state index is -0.644. The lowest BCUT2D eigenvalue weighted by molar-refractivity contribution is -0.127. The molecule has 0 aliphatic carbocycles. The summed E-state index contributed by atoms with van der Waals surface area (Å²) in [7, 11) is 0. The van der Waals surface area contributed by atoms with Crippen LogP contribution in [0.25, 0.3) is 0 Å². The van der Waals surface area contributed by atoms with Crippen molar-refractivity contribution in [2.45, 2.75) is 52.2 Å². The van der Waals surface area contributed by atoms with E-state index in [0.29, 0.717) is 17.9 Å². The monoisotopic (exact) mass is 296 g/mol. The van der Waals surface area contributed by atoms with Gasteiger partial charge in [0, 0.05) is 18.2 Å². The van der Waals surface area contributed by atoms with Crippen molar-refractivity contribution >= 4 is 5.91 Å². The van der Waals surface area contributed by atoms with E-state index in [0.717, 1.165) is 19.3 Å². The van der Waals surface area contributed by atoms with Crippen LogP contribution in [0.15, 0.2) is 18.2 Å². The molecule has 0 radical (unpaired) electrons. The minimum Gasteiger partial charge on any atom is -0.481 e. The minimum absolute atomic E-state index is 0.175. The number of carbonyl (C=O) groups excluding carboxylic acids is 1. The van der Waals surface area contributed by atoms with E-state index in [-0.39, 0.29) is 17.8 Å². The van der Waals surface area contributed by atoms with E-state index in [1.165, 1.54) is 18.2 Å². The van der Waals surface area contributed by atoms with Gasteiger partial charge < -0.3 is 15.8 Å². The third kappa shape index (κ3) is 5.71. The first-order chi connectivity index (χ1) is 9.95. The number of rotatable bonds is 8. The van der Waals surface area contributed by atoms with Crippen molar-refractivity contribution in [2.75, 3.05) is 6.54 Å². The SMILES string of the molecule is CCCCCNC(=O)C(C)Oc1ccc(F)cc1[C@@H](C)N. The molecule has 3 N–H and O–H groups in total. The van der Waals surface area contributed by atoms with Crippen LogP contribution in [0.2, 0.25) is 0 Å². The van der Waals surface area contributed by atoms with E-state index in [1.807, 2.05) is 0 Å². The average molecular weight is 296 g/mol. The predicted octanol–water partition coefficient (Wildman–Crippen LogP) is 2.92. The third-order valence-corrected chi connectivity index (χ3v) is 3.21. The van der Waals surface area contributed by atoms with Crippen molar-refractivity contribution in [1.82, 2.24) is 5.32 Å². The lowest BCUT2D eigenvalue weighted by atomic mass is 10.1. The van der Waals surface area contributed by atoms with Gasteiger partial charge in [-0.15, -0.1) is 0 Å². The molecule has 0 aliphatic heterocycles. The number of hydrogen-bond acceptors (Lipinski definition) is 3. The number of ether oxygens (including phenoxy) is 1. The van der Waals surface area contributed by atoms with E-state index < -0.39 is 6.10 Å². The summed E-state index contributed by atoms with van der Waals surface area (Å²) in [5, 5.41) is 2.83. The number of nitrogens with two attached hydrogens (primary N) is 1. The van der Waals surface area contributed by atoms with Crippen LogP contribution < -0.4 is 15.8 Å². The van der Waals surface area contributed by atoms with E-state index in [1.54, 1.807) is 13.8 Å². The van der Waals surface area contributed by atoms with Crippen LogP contribution in [0.5, 0.6) is 5.75 Å². The van der Waals surface area contributed by atoms with Gasteiger partial charge >= 0.3 is 0 Å². The molecule has 4 nitrogen and oxygen atoms in total. The molecular formula is C16H25FN2O2. The van der Waals surface area contributed by atoms with Crippen molar-refractivity contribution in [3.05, 3.63) is 29.6 Å². The van der Waals surface area contributed by atoms with E-state index >= 15 is 0 Å². The first kappa shape index (κ1) is 17.4. The highest BCUT2D eigenvalue weighted by molar-refractivity contribution is 5.80. The standard InChI is InChI=1S/C16H25FN2O2/c1-4-5-6-9-19-16(20)12(3)21-15-8-7-13(17)10-14(15)11(2)18/h7-8,10-12H,4-6,9,18H2,1-3H3,(H,19,20)/t11-,12?/m1/s1. The zero-order chi connectivity index (χ0) is 15.8. The number of nitrogens with one attached hydrogen (secondary N) is 1. The Morgan fingerprint density at radius 1 is 1.38 bits per heavy atom. The summed E-state index contributed by atoms with van der Waals surface area (Å²) in [6.45, 7) is 6.17. The van der Waals surface area contributed by atoms with Gasteiger partial charge in [-0.1, -0.05) is 19.8 Å². The fourth-order valence-corrected chi connectivity index (χ4v) is 1.96. The number of unbranched alkanes of at least 4 members (excludes halogenated alkanes) is 2. The molecule has 0 fully saturated rings. The lowest BCUT2D eigenvalue weighted by Crippen LogP contribution is -2.37. The van der Waals surface area contributed by atoms with E-state index in [9.17, 15) is 9.18 Å². The zero-order valence-corrected chi connectivity index (χ0v) is 13.0. The molecule has 1 aromatic carbocycles. The van der Waals surface area contributed by atoms with Gasteiger partial charge in [0.1, 0.15) is 11.6 Å². The molecule has 0 spiro atoms. The Morgan fingerprint density at radius 2 is 2.10 bits per heavy atom. The maximum atomic E-state index is 13.3. The summed E-state index contributed by atoms with van der Waals surface area (Å²) in [4.78, 5) is 11.9. The molecule has 2 atom stereocenters. The molecule has 0 bridgehead atoms. The molecule has 1 aromatic rings. The second-order valence-electron chi connectivity index (χ2n) is 5.23. The van der Waals surface area contributed by atoms with Crippen LogP contribution in [-0.4, -0.2) is 18.6 Å². The number of carbonyl (C=O) groups is 1. The maximum Gasteiger partial charge on any atom is 0.260 e. The molecule has 118 valence electrons. The molecule has 1 amide bonds. The van der Waals surface area contributed by atoms with Crippen LogP contribution >= 0.6 is 0 Å². The van der Waals surface area contributed by atoms with Gasteiger partial charge in [0.15, 0.2) is 6.10 Å². The smallest absolute Gasteiger partial charge is 0.260 e. The summed E-state index contributed by atoms with van der Waals surface area (Å²) >= 11 is 0. The topological polar surface area (TPSA) is 64.3 Å². The van der Waals surface area contributed by atoms with Crippen molar-refractivity contribution < 1.29 is 13.9 Å². The van der Waals surface area contributed by atoms with E-state index in [4.69, 9.17) is 10.5 Å². The Kier molecular flexibility index (Phi) is 7.15. The molecule has 21 heavy (non-hydrogen) atoms. The number of halogens is 1.